The zero-order chi connectivity index (χ0) is 13.4. The van der Waals surface area contributed by atoms with Gasteiger partial charge in [-0.2, -0.15) is 0 Å². The first-order valence-corrected chi connectivity index (χ1v) is 7.24. The van der Waals surface area contributed by atoms with Crippen molar-refractivity contribution in [2.75, 3.05) is 13.2 Å². The summed E-state index contributed by atoms with van der Waals surface area (Å²) in [6, 6.07) is 3.26. The van der Waals surface area contributed by atoms with Crippen LogP contribution in [-0.4, -0.2) is 47.2 Å². The van der Waals surface area contributed by atoms with Gasteiger partial charge in [0.2, 0.25) is 0 Å². The Kier molecular flexibility index (Phi) is 3.28. The molecule has 1 amide bonds. The van der Waals surface area contributed by atoms with Gasteiger partial charge in [0, 0.05) is 6.54 Å². The van der Waals surface area contributed by atoms with E-state index in [9.17, 15) is 9.59 Å². The first-order valence-electron chi connectivity index (χ1n) is 6.42. The highest BCUT2D eigenvalue weighted by molar-refractivity contribution is 7.15. The summed E-state index contributed by atoms with van der Waals surface area (Å²) in [6.07, 6.45) is 3.24. The van der Waals surface area contributed by atoms with Gasteiger partial charge in [0.1, 0.15) is 4.88 Å². The summed E-state index contributed by atoms with van der Waals surface area (Å²) in [4.78, 5) is 25.9. The lowest BCUT2D eigenvalue weighted by molar-refractivity contribution is -0.0443. The standard InChI is InChI=1S/C13H15NO4S/c15-12(10-4-5-11(19-10)13(16)17)14-6-7-18-9-3-1-2-8(9)14/h4-5,8-9H,1-3,6-7H2,(H,16,17)/t8-,9-/m1/s1. The number of rotatable bonds is 2. The highest BCUT2D eigenvalue weighted by Crippen LogP contribution is 2.31. The highest BCUT2D eigenvalue weighted by atomic mass is 32.1. The molecule has 1 aliphatic heterocycles. The van der Waals surface area contributed by atoms with Crippen LogP contribution in [0, 0.1) is 0 Å². The molecule has 1 aliphatic carbocycles. The molecule has 1 saturated heterocycles. The van der Waals surface area contributed by atoms with Gasteiger partial charge in [0.05, 0.1) is 23.6 Å². The molecule has 102 valence electrons. The number of hydrogen-bond acceptors (Lipinski definition) is 4. The second kappa shape index (κ2) is 4.94. The van der Waals surface area contributed by atoms with E-state index in [-0.39, 0.29) is 22.9 Å². The molecular weight excluding hydrogens is 266 g/mol. The summed E-state index contributed by atoms with van der Waals surface area (Å²) in [5.41, 5.74) is 0. The van der Waals surface area contributed by atoms with Crippen LogP contribution < -0.4 is 0 Å². The number of fused-ring (bicyclic) bond motifs is 1. The summed E-state index contributed by atoms with van der Waals surface area (Å²) >= 11 is 1.05. The number of carbonyl (C=O) groups is 2. The van der Waals surface area contributed by atoms with E-state index in [4.69, 9.17) is 9.84 Å². The number of carboxylic acid groups (broad SMARTS) is 1. The SMILES string of the molecule is O=C(O)c1ccc(C(=O)N2CCO[C@@H]3CCC[C@H]32)s1. The van der Waals surface area contributed by atoms with Crippen LogP contribution in [0.1, 0.15) is 38.6 Å². The number of nitrogens with zero attached hydrogens (tertiary/aromatic N) is 1. The number of carboxylic acids is 1. The molecule has 2 heterocycles. The summed E-state index contributed by atoms with van der Waals surface area (Å²) in [7, 11) is 0. The smallest absolute Gasteiger partial charge is 0.345 e. The van der Waals surface area contributed by atoms with Crippen LogP contribution in [0.2, 0.25) is 0 Å². The van der Waals surface area contributed by atoms with Crippen molar-refractivity contribution in [1.82, 2.24) is 4.90 Å². The average Bonchev–Trinajstić information content (AvgIpc) is 3.06. The van der Waals surface area contributed by atoms with E-state index in [0.717, 1.165) is 30.6 Å². The Morgan fingerprint density at radius 3 is 2.84 bits per heavy atom. The number of hydrogen-bond donors (Lipinski definition) is 1. The van der Waals surface area contributed by atoms with Crippen molar-refractivity contribution in [3.63, 3.8) is 0 Å². The zero-order valence-electron chi connectivity index (χ0n) is 10.4. The third-order valence-electron chi connectivity index (χ3n) is 3.77. The van der Waals surface area contributed by atoms with Gasteiger partial charge in [-0.05, 0) is 31.4 Å². The molecule has 2 atom stereocenters. The maximum Gasteiger partial charge on any atom is 0.345 e. The topological polar surface area (TPSA) is 66.8 Å². The van der Waals surface area contributed by atoms with Gasteiger partial charge in [-0.3, -0.25) is 4.79 Å². The van der Waals surface area contributed by atoms with Gasteiger partial charge in [-0.1, -0.05) is 0 Å². The highest BCUT2D eigenvalue weighted by Gasteiger charge is 2.38. The Balaban J connectivity index is 1.80. The van der Waals surface area contributed by atoms with Crippen LogP contribution in [-0.2, 0) is 4.74 Å². The number of thiophene rings is 1. The van der Waals surface area contributed by atoms with E-state index in [1.54, 1.807) is 6.07 Å². The third-order valence-corrected chi connectivity index (χ3v) is 4.83. The molecule has 2 aliphatic rings. The first-order chi connectivity index (χ1) is 9.16. The quantitative estimate of drug-likeness (QED) is 0.898. The number of ether oxygens (including phenoxy) is 1. The largest absolute Gasteiger partial charge is 0.477 e. The second-order valence-corrected chi connectivity index (χ2v) is 5.96. The van der Waals surface area contributed by atoms with Crippen molar-refractivity contribution in [2.24, 2.45) is 0 Å². The zero-order valence-corrected chi connectivity index (χ0v) is 11.2. The monoisotopic (exact) mass is 281 g/mol. The molecule has 0 bridgehead atoms. The molecule has 19 heavy (non-hydrogen) atoms. The lowest BCUT2D eigenvalue weighted by atomic mass is 10.1. The van der Waals surface area contributed by atoms with Crippen molar-refractivity contribution >= 4 is 23.2 Å². The van der Waals surface area contributed by atoms with Crippen molar-refractivity contribution < 1.29 is 19.4 Å². The third kappa shape index (κ3) is 2.26. The normalized spacial score (nSPS) is 26.2. The molecule has 1 aromatic heterocycles. The predicted octanol–water partition coefficient (Wildman–Crippen LogP) is 1.84. The van der Waals surface area contributed by atoms with Crippen molar-refractivity contribution in [2.45, 2.75) is 31.4 Å². The maximum absolute atomic E-state index is 12.5. The number of carbonyl (C=O) groups excluding carboxylic acids is 1. The number of amides is 1. The van der Waals surface area contributed by atoms with Gasteiger partial charge in [-0.15, -0.1) is 11.3 Å². The van der Waals surface area contributed by atoms with Crippen LogP contribution in [0.5, 0.6) is 0 Å². The van der Waals surface area contributed by atoms with E-state index >= 15 is 0 Å². The molecule has 3 rings (SSSR count). The van der Waals surface area contributed by atoms with E-state index in [0.29, 0.717) is 18.0 Å². The molecule has 6 heteroatoms. The van der Waals surface area contributed by atoms with Crippen molar-refractivity contribution in [1.29, 1.82) is 0 Å². The van der Waals surface area contributed by atoms with Gasteiger partial charge in [-0.25, -0.2) is 4.79 Å². The van der Waals surface area contributed by atoms with E-state index in [1.807, 2.05) is 4.90 Å². The van der Waals surface area contributed by atoms with Gasteiger partial charge < -0.3 is 14.7 Å². The maximum atomic E-state index is 12.5. The van der Waals surface area contributed by atoms with Crippen LogP contribution in [0.15, 0.2) is 12.1 Å². The lowest BCUT2D eigenvalue weighted by Gasteiger charge is -2.37. The van der Waals surface area contributed by atoms with E-state index in [2.05, 4.69) is 0 Å². The minimum atomic E-state index is -0.982. The summed E-state index contributed by atoms with van der Waals surface area (Å²) in [6.45, 7) is 1.17. The fourth-order valence-corrected chi connectivity index (χ4v) is 3.69. The molecule has 1 saturated carbocycles. The van der Waals surface area contributed by atoms with E-state index in [1.165, 1.54) is 6.07 Å². The first kappa shape index (κ1) is 12.6. The Bertz CT molecular complexity index is 512. The number of aromatic carboxylic acids is 1. The summed E-state index contributed by atoms with van der Waals surface area (Å²) in [5, 5.41) is 8.91. The fraction of sp³-hybridized carbons (Fsp3) is 0.538. The van der Waals surface area contributed by atoms with Crippen molar-refractivity contribution in [3.8, 4) is 0 Å². The predicted molar refractivity (Wildman–Crippen MR) is 69.7 cm³/mol. The Hall–Kier alpha value is -1.40. The van der Waals surface area contributed by atoms with E-state index < -0.39 is 5.97 Å². The molecular formula is C13H15NO4S. The average molecular weight is 281 g/mol. The molecule has 0 spiro atoms. The molecule has 2 fully saturated rings. The second-order valence-electron chi connectivity index (χ2n) is 4.88. The summed E-state index contributed by atoms with van der Waals surface area (Å²) < 4.78 is 5.68. The van der Waals surface area contributed by atoms with Gasteiger partial charge in [0.25, 0.3) is 5.91 Å². The number of morpholine rings is 1. The van der Waals surface area contributed by atoms with Gasteiger partial charge in [0.15, 0.2) is 0 Å². The van der Waals surface area contributed by atoms with Gasteiger partial charge >= 0.3 is 5.97 Å². The molecule has 1 N–H and O–H groups in total. The Morgan fingerprint density at radius 1 is 1.32 bits per heavy atom. The molecule has 0 aromatic carbocycles. The van der Waals surface area contributed by atoms with Crippen LogP contribution in [0.25, 0.3) is 0 Å². The minimum Gasteiger partial charge on any atom is -0.477 e. The van der Waals surface area contributed by atoms with Crippen LogP contribution >= 0.6 is 11.3 Å². The fourth-order valence-electron chi connectivity index (χ4n) is 2.89. The summed E-state index contributed by atoms with van der Waals surface area (Å²) in [5.74, 6) is -1.04. The van der Waals surface area contributed by atoms with Crippen LogP contribution in [0.3, 0.4) is 0 Å². The Labute approximate surface area is 114 Å². The molecule has 0 unspecified atom stereocenters. The van der Waals surface area contributed by atoms with Crippen molar-refractivity contribution in [3.05, 3.63) is 21.9 Å². The molecule has 0 radical (unpaired) electrons. The molecule has 5 nitrogen and oxygen atoms in total. The minimum absolute atomic E-state index is 0.0577. The Morgan fingerprint density at radius 2 is 2.11 bits per heavy atom. The lowest BCUT2D eigenvalue weighted by Crippen LogP contribution is -2.51. The van der Waals surface area contributed by atoms with Crippen LogP contribution in [0.4, 0.5) is 0 Å². The molecule has 1 aromatic rings.